The molecule has 0 saturated carbocycles. The van der Waals surface area contributed by atoms with Crippen LogP contribution in [0.3, 0.4) is 0 Å². The van der Waals surface area contributed by atoms with Crippen molar-refractivity contribution in [3.05, 3.63) is 69.9 Å². The molecule has 1 aromatic heterocycles. The molecule has 2 atom stereocenters. The number of hydrogen-bond donors (Lipinski definition) is 4. The van der Waals surface area contributed by atoms with Crippen LogP contribution in [-0.4, -0.2) is 71.5 Å². The molecule has 3 heterocycles. The molecule has 4 N–H and O–H groups in total. The summed E-state index contributed by atoms with van der Waals surface area (Å²) in [6, 6.07) is 12.8. The van der Waals surface area contributed by atoms with E-state index in [9.17, 15) is 24.6 Å². The molecule has 37 heavy (non-hydrogen) atoms. The lowest BCUT2D eigenvalue weighted by Gasteiger charge is -2.39. The van der Waals surface area contributed by atoms with Gasteiger partial charge in [-0.15, -0.1) is 24.8 Å². The molecular formula is C25H28Cl2N4O6. The third kappa shape index (κ3) is 5.37. The molecule has 2 amide bonds. The fourth-order valence-electron chi connectivity index (χ4n) is 5.04. The summed E-state index contributed by atoms with van der Waals surface area (Å²) in [5.74, 6) is 0.365. The van der Waals surface area contributed by atoms with Gasteiger partial charge in [0.1, 0.15) is 11.3 Å². The quantitative estimate of drug-likeness (QED) is 0.388. The van der Waals surface area contributed by atoms with E-state index in [4.69, 9.17) is 4.42 Å². The first kappa shape index (κ1) is 28.3. The molecule has 2 fully saturated rings. The van der Waals surface area contributed by atoms with E-state index >= 15 is 0 Å². The van der Waals surface area contributed by atoms with E-state index in [0.717, 1.165) is 0 Å². The van der Waals surface area contributed by atoms with Crippen LogP contribution in [0.5, 0.6) is 0 Å². The van der Waals surface area contributed by atoms with Crippen molar-refractivity contribution in [3.8, 4) is 11.3 Å². The lowest BCUT2D eigenvalue weighted by molar-refractivity contribution is 0.104. The minimum absolute atomic E-state index is 0. The first-order chi connectivity index (χ1) is 17.0. The smallest absolute Gasteiger partial charge is 0.407 e. The largest absolute Gasteiger partial charge is 0.465 e. The first-order valence-electron chi connectivity index (χ1n) is 11.5. The number of benzene rings is 2. The highest BCUT2D eigenvalue weighted by Gasteiger charge is 2.37. The number of carboxylic acid groups (broad SMARTS) is 2. The molecule has 10 nitrogen and oxygen atoms in total. The number of hydrogen-bond acceptors (Lipinski definition) is 6. The number of nitrogens with zero attached hydrogens (tertiary/aromatic N) is 2. The zero-order chi connectivity index (χ0) is 24.5. The predicted molar refractivity (Wildman–Crippen MR) is 143 cm³/mol. The van der Waals surface area contributed by atoms with Gasteiger partial charge >= 0.3 is 12.2 Å². The summed E-state index contributed by atoms with van der Waals surface area (Å²) in [6.07, 6.45) is -2.14. The lowest BCUT2D eigenvalue weighted by atomic mass is 9.89. The summed E-state index contributed by atoms with van der Waals surface area (Å²) in [5, 5.41) is 26.6. The second kappa shape index (κ2) is 11.8. The maximum Gasteiger partial charge on any atom is 0.407 e. The van der Waals surface area contributed by atoms with Crippen LogP contribution in [0, 0.1) is 0 Å². The van der Waals surface area contributed by atoms with Crippen LogP contribution in [0.25, 0.3) is 22.3 Å². The minimum atomic E-state index is -1.09. The maximum atomic E-state index is 13.2. The summed E-state index contributed by atoms with van der Waals surface area (Å²) in [4.78, 5) is 40.1. The van der Waals surface area contributed by atoms with E-state index < -0.39 is 24.3 Å². The number of piperazine rings is 2. The number of fused-ring (bicyclic) bond motifs is 1. The molecule has 2 unspecified atom stereocenters. The number of halogens is 2. The van der Waals surface area contributed by atoms with Gasteiger partial charge in [-0.25, -0.2) is 9.59 Å². The van der Waals surface area contributed by atoms with Crippen LogP contribution in [0.4, 0.5) is 9.59 Å². The number of nitrogens with one attached hydrogen (secondary N) is 2. The maximum absolute atomic E-state index is 13.2. The molecule has 2 aliphatic heterocycles. The zero-order valence-electron chi connectivity index (χ0n) is 19.8. The third-order valence-corrected chi connectivity index (χ3v) is 6.70. The van der Waals surface area contributed by atoms with Crippen molar-refractivity contribution in [1.82, 2.24) is 20.4 Å². The van der Waals surface area contributed by atoms with Crippen molar-refractivity contribution in [2.24, 2.45) is 0 Å². The van der Waals surface area contributed by atoms with Gasteiger partial charge in [-0.2, -0.15) is 0 Å². The van der Waals surface area contributed by atoms with Crippen LogP contribution in [0.1, 0.15) is 23.2 Å². The van der Waals surface area contributed by atoms with E-state index in [-0.39, 0.29) is 48.9 Å². The monoisotopic (exact) mass is 550 g/mol. The molecule has 5 rings (SSSR count). The van der Waals surface area contributed by atoms with E-state index in [1.165, 1.54) is 15.9 Å². The van der Waals surface area contributed by atoms with Crippen molar-refractivity contribution < 1.29 is 24.2 Å². The molecule has 2 aliphatic rings. The van der Waals surface area contributed by atoms with Crippen molar-refractivity contribution in [1.29, 1.82) is 0 Å². The molecule has 0 spiro atoms. The summed E-state index contributed by atoms with van der Waals surface area (Å²) in [7, 11) is 0. The topological polar surface area (TPSA) is 135 Å². The normalized spacial score (nSPS) is 19.6. The fourth-order valence-corrected chi connectivity index (χ4v) is 5.04. The molecule has 12 heteroatoms. The highest BCUT2D eigenvalue weighted by Crippen LogP contribution is 2.38. The van der Waals surface area contributed by atoms with Gasteiger partial charge in [-0.3, -0.25) is 14.6 Å². The van der Waals surface area contributed by atoms with Crippen LogP contribution >= 0.6 is 24.8 Å². The van der Waals surface area contributed by atoms with Gasteiger partial charge < -0.3 is 25.3 Å². The lowest BCUT2D eigenvalue weighted by Crippen LogP contribution is -2.50. The van der Waals surface area contributed by atoms with Gasteiger partial charge in [-0.05, 0) is 11.6 Å². The predicted octanol–water partition coefficient (Wildman–Crippen LogP) is 3.55. The minimum Gasteiger partial charge on any atom is -0.465 e. The highest BCUT2D eigenvalue weighted by molar-refractivity contribution is 5.86. The Kier molecular flexibility index (Phi) is 9.03. The molecule has 198 valence electrons. The van der Waals surface area contributed by atoms with Crippen LogP contribution < -0.4 is 16.1 Å². The van der Waals surface area contributed by atoms with Crippen molar-refractivity contribution >= 4 is 48.0 Å². The van der Waals surface area contributed by atoms with Gasteiger partial charge in [-0.1, -0.05) is 36.4 Å². The van der Waals surface area contributed by atoms with E-state index in [2.05, 4.69) is 10.6 Å². The van der Waals surface area contributed by atoms with E-state index in [0.29, 0.717) is 54.0 Å². The average Bonchev–Trinajstić information content (AvgIpc) is 2.88. The number of carbonyl (C=O) groups is 2. The van der Waals surface area contributed by atoms with Crippen LogP contribution in [0.15, 0.2) is 57.7 Å². The molecule has 0 radical (unpaired) electrons. The number of rotatable bonds is 3. The highest BCUT2D eigenvalue weighted by atomic mass is 35.5. The van der Waals surface area contributed by atoms with Gasteiger partial charge in [0.2, 0.25) is 0 Å². The second-order valence-corrected chi connectivity index (χ2v) is 8.68. The molecule has 0 bridgehead atoms. The average molecular weight is 551 g/mol. The summed E-state index contributed by atoms with van der Waals surface area (Å²) in [6.45, 7) is 2.23. The Bertz CT molecular complexity index is 1340. The molecular weight excluding hydrogens is 523 g/mol. The Morgan fingerprint density at radius 3 is 2.08 bits per heavy atom. The van der Waals surface area contributed by atoms with Crippen LogP contribution in [0.2, 0.25) is 0 Å². The summed E-state index contributed by atoms with van der Waals surface area (Å²) >= 11 is 0. The third-order valence-electron chi connectivity index (χ3n) is 6.70. The first-order valence-corrected chi connectivity index (χ1v) is 11.5. The van der Waals surface area contributed by atoms with E-state index in [1.807, 2.05) is 30.3 Å². The Balaban J connectivity index is 0.00000190. The zero-order valence-corrected chi connectivity index (χ0v) is 21.4. The van der Waals surface area contributed by atoms with E-state index in [1.54, 1.807) is 12.1 Å². The van der Waals surface area contributed by atoms with Crippen molar-refractivity contribution in [2.45, 2.75) is 12.1 Å². The molecule has 3 aromatic rings. The Labute approximate surface area is 225 Å². The summed E-state index contributed by atoms with van der Waals surface area (Å²) < 4.78 is 6.33. The van der Waals surface area contributed by atoms with Crippen LogP contribution in [-0.2, 0) is 0 Å². The molecule has 2 saturated heterocycles. The molecule has 2 aromatic carbocycles. The van der Waals surface area contributed by atoms with Crippen molar-refractivity contribution in [3.63, 3.8) is 0 Å². The Hall–Kier alpha value is -3.31. The standard InChI is InChI=1S/C25H26N4O6.2ClH/c30-20-12-21(15-4-2-1-3-5-15)35-23-17(20)7-6-16(18-13-26-8-10-28(18)24(31)32)22(23)19-14-27-9-11-29(19)25(33)34;;/h1-7,12,18-19,26-27H,8-11,13-14H2,(H,31,32)(H,33,34);2*1H. The summed E-state index contributed by atoms with van der Waals surface area (Å²) in [5.41, 5.74) is 1.89. The second-order valence-electron chi connectivity index (χ2n) is 8.68. The van der Waals surface area contributed by atoms with Gasteiger partial charge in [0.05, 0.1) is 17.5 Å². The SMILES string of the molecule is Cl.Cl.O=C(O)N1CCNCC1c1ccc2c(=O)cc(-c3ccccc3)oc2c1C1CNCCN1C(=O)O. The van der Waals surface area contributed by atoms with Gasteiger partial charge in [0.15, 0.2) is 5.43 Å². The molecule has 0 aliphatic carbocycles. The fraction of sp³-hybridized carbons (Fsp3) is 0.320. The van der Waals surface area contributed by atoms with Gasteiger partial charge in [0.25, 0.3) is 0 Å². The Morgan fingerprint density at radius 2 is 1.46 bits per heavy atom. The van der Waals surface area contributed by atoms with Crippen molar-refractivity contribution in [2.75, 3.05) is 39.3 Å². The Morgan fingerprint density at radius 1 is 0.865 bits per heavy atom. The number of amides is 2. The van der Waals surface area contributed by atoms with Gasteiger partial charge in [0, 0.05) is 56.5 Å².